The van der Waals surface area contributed by atoms with Crippen LogP contribution in [0.1, 0.15) is 30.0 Å². The van der Waals surface area contributed by atoms with Crippen LogP contribution in [0.4, 0.5) is 4.79 Å². The van der Waals surface area contributed by atoms with Crippen LogP contribution in [0.5, 0.6) is 11.5 Å². The smallest absolute Gasteiger partial charge is 0.329 e. The molecule has 0 radical (unpaired) electrons. The van der Waals surface area contributed by atoms with Crippen molar-refractivity contribution in [2.45, 2.75) is 26.4 Å². The van der Waals surface area contributed by atoms with Crippen molar-refractivity contribution in [1.29, 1.82) is 0 Å². The van der Waals surface area contributed by atoms with Gasteiger partial charge in [-0.15, -0.1) is 6.58 Å². The van der Waals surface area contributed by atoms with E-state index in [-0.39, 0.29) is 11.6 Å². The number of carbonyl (C=O) groups is 2. The van der Waals surface area contributed by atoms with Crippen LogP contribution in [0.2, 0.25) is 5.02 Å². The van der Waals surface area contributed by atoms with E-state index in [0.717, 1.165) is 16.7 Å². The molecule has 0 saturated carbocycles. The van der Waals surface area contributed by atoms with E-state index in [4.69, 9.17) is 21.1 Å². The van der Waals surface area contributed by atoms with E-state index in [1.165, 1.54) is 4.90 Å². The molecule has 0 aromatic heterocycles. The number of nitrogens with zero attached hydrogens (tertiary/aromatic N) is 1. The molecule has 1 aliphatic rings. The lowest BCUT2D eigenvalue weighted by Crippen LogP contribution is -2.31. The van der Waals surface area contributed by atoms with Gasteiger partial charge in [0.25, 0.3) is 5.91 Å². The van der Waals surface area contributed by atoms with Gasteiger partial charge in [0.15, 0.2) is 11.5 Å². The second kappa shape index (κ2) is 10.2. The van der Waals surface area contributed by atoms with Crippen LogP contribution in [0.15, 0.2) is 54.8 Å². The first-order chi connectivity index (χ1) is 15.0. The Bertz CT molecular complexity index is 1010. The van der Waals surface area contributed by atoms with Gasteiger partial charge in [0.05, 0.1) is 7.11 Å². The summed E-state index contributed by atoms with van der Waals surface area (Å²) >= 11 is 5.95. The maximum Gasteiger partial charge on any atom is 0.329 e. The lowest BCUT2D eigenvalue weighted by molar-refractivity contribution is -0.122. The highest BCUT2D eigenvalue weighted by atomic mass is 35.5. The van der Waals surface area contributed by atoms with Crippen molar-refractivity contribution in [2.24, 2.45) is 0 Å². The molecule has 3 rings (SSSR count). The highest BCUT2D eigenvalue weighted by Crippen LogP contribution is 2.35. The molecule has 0 atom stereocenters. The molecule has 0 spiro atoms. The van der Waals surface area contributed by atoms with Gasteiger partial charge in [0, 0.05) is 17.1 Å². The van der Waals surface area contributed by atoms with E-state index >= 15 is 0 Å². The number of hydrogen-bond donors (Lipinski definition) is 1. The summed E-state index contributed by atoms with van der Waals surface area (Å²) < 4.78 is 11.6. The number of hydrogen-bond acceptors (Lipinski definition) is 4. The molecule has 1 heterocycles. The van der Waals surface area contributed by atoms with Crippen molar-refractivity contribution in [3.05, 3.63) is 76.5 Å². The van der Waals surface area contributed by atoms with Gasteiger partial charge in [-0.25, -0.2) is 4.79 Å². The van der Waals surface area contributed by atoms with Crippen LogP contribution < -0.4 is 14.8 Å². The normalized spacial score (nSPS) is 14.7. The average molecular weight is 441 g/mol. The van der Waals surface area contributed by atoms with Crippen molar-refractivity contribution in [3.63, 3.8) is 0 Å². The molecule has 1 saturated heterocycles. The molecule has 162 valence electrons. The van der Waals surface area contributed by atoms with Crippen LogP contribution in [-0.2, 0) is 17.8 Å². The minimum absolute atomic E-state index is 0.236. The van der Waals surface area contributed by atoms with Gasteiger partial charge in [-0.2, -0.15) is 0 Å². The Morgan fingerprint density at radius 3 is 2.58 bits per heavy atom. The fraction of sp³-hybridized carbons (Fsp3) is 0.250. The second-order valence-corrected chi connectivity index (χ2v) is 7.50. The lowest BCUT2D eigenvalue weighted by atomic mass is 10.0. The summed E-state index contributed by atoms with van der Waals surface area (Å²) in [4.78, 5) is 25.8. The van der Waals surface area contributed by atoms with E-state index in [9.17, 15) is 9.59 Å². The first kappa shape index (κ1) is 22.4. The molecule has 31 heavy (non-hydrogen) atoms. The molecule has 1 fully saturated rings. The molecular formula is C24H25ClN2O4. The Hall–Kier alpha value is -3.25. The molecule has 3 amide bonds. The van der Waals surface area contributed by atoms with E-state index in [0.29, 0.717) is 42.5 Å². The minimum Gasteiger partial charge on any atom is -0.493 e. The maximum absolute atomic E-state index is 12.5. The van der Waals surface area contributed by atoms with E-state index in [2.05, 4.69) is 11.9 Å². The van der Waals surface area contributed by atoms with Crippen molar-refractivity contribution >= 4 is 29.6 Å². The number of urea groups is 1. The number of ether oxygens (including phenoxy) is 2. The van der Waals surface area contributed by atoms with Crippen LogP contribution in [0.25, 0.3) is 6.08 Å². The van der Waals surface area contributed by atoms with Crippen molar-refractivity contribution in [2.75, 3.05) is 13.7 Å². The fourth-order valence-electron chi connectivity index (χ4n) is 3.29. The van der Waals surface area contributed by atoms with Gasteiger partial charge in [-0.05, 0) is 54.3 Å². The fourth-order valence-corrected chi connectivity index (χ4v) is 3.42. The van der Waals surface area contributed by atoms with Gasteiger partial charge in [-0.1, -0.05) is 36.7 Å². The van der Waals surface area contributed by atoms with Gasteiger partial charge in [0.2, 0.25) is 0 Å². The average Bonchev–Trinajstić information content (AvgIpc) is 3.01. The Morgan fingerprint density at radius 2 is 1.94 bits per heavy atom. The van der Waals surface area contributed by atoms with Crippen molar-refractivity contribution in [1.82, 2.24) is 10.2 Å². The summed E-state index contributed by atoms with van der Waals surface area (Å²) in [5.74, 6) is 0.801. The van der Waals surface area contributed by atoms with E-state index in [1.807, 2.05) is 37.3 Å². The zero-order valence-electron chi connectivity index (χ0n) is 17.6. The minimum atomic E-state index is -0.403. The Morgan fingerprint density at radius 1 is 1.19 bits per heavy atom. The summed E-state index contributed by atoms with van der Waals surface area (Å²) in [7, 11) is 1.56. The quantitative estimate of drug-likeness (QED) is 0.340. The number of amides is 3. The Kier molecular flexibility index (Phi) is 7.36. The first-order valence-corrected chi connectivity index (χ1v) is 10.4. The predicted octanol–water partition coefficient (Wildman–Crippen LogP) is 4.96. The van der Waals surface area contributed by atoms with Crippen LogP contribution in [-0.4, -0.2) is 30.5 Å². The maximum atomic E-state index is 12.5. The monoisotopic (exact) mass is 440 g/mol. The van der Waals surface area contributed by atoms with E-state index < -0.39 is 6.03 Å². The van der Waals surface area contributed by atoms with Crippen LogP contribution >= 0.6 is 11.6 Å². The largest absolute Gasteiger partial charge is 0.493 e. The van der Waals surface area contributed by atoms with Crippen LogP contribution in [0.3, 0.4) is 0 Å². The topological polar surface area (TPSA) is 67.9 Å². The number of benzene rings is 2. The highest BCUT2D eigenvalue weighted by Gasteiger charge is 2.32. The van der Waals surface area contributed by atoms with Crippen LogP contribution in [0, 0.1) is 0 Å². The molecule has 7 heteroatoms. The summed E-state index contributed by atoms with van der Waals surface area (Å²) in [6.07, 6.45) is 4.66. The number of nitrogens with one attached hydrogen (secondary N) is 1. The summed E-state index contributed by atoms with van der Waals surface area (Å²) in [6.45, 7) is 6.46. The second-order valence-electron chi connectivity index (χ2n) is 7.06. The third kappa shape index (κ3) is 5.27. The van der Waals surface area contributed by atoms with Gasteiger partial charge in [-0.3, -0.25) is 9.69 Å². The summed E-state index contributed by atoms with van der Waals surface area (Å²) in [5.41, 5.74) is 2.78. The molecule has 0 unspecified atom stereocenters. The molecule has 6 nitrogen and oxygen atoms in total. The third-order valence-corrected chi connectivity index (χ3v) is 5.01. The van der Waals surface area contributed by atoms with E-state index in [1.54, 1.807) is 25.3 Å². The summed E-state index contributed by atoms with van der Waals surface area (Å²) in [6, 6.07) is 10.7. The van der Waals surface area contributed by atoms with Crippen molar-refractivity contribution < 1.29 is 19.1 Å². The number of methoxy groups -OCH3 is 1. The Labute approximate surface area is 187 Å². The zero-order valence-corrected chi connectivity index (χ0v) is 18.4. The molecule has 0 bridgehead atoms. The molecular weight excluding hydrogens is 416 g/mol. The number of halogens is 1. The lowest BCUT2D eigenvalue weighted by Gasteiger charge is -2.16. The molecule has 1 aliphatic heterocycles. The van der Waals surface area contributed by atoms with Gasteiger partial charge in [0.1, 0.15) is 12.3 Å². The standard InChI is InChI=1S/C24H25ClN2O4/c1-4-6-18-12-17(13-20-23(28)27(11-5-2)24(29)26-20)14-21(30-3)22(18)31-15-16-7-9-19(25)10-8-16/h4,7-10,12-14H,1,5-6,11,15H2,2-3H3,(H,26,29)/b20-13+. The van der Waals surface area contributed by atoms with Gasteiger partial charge >= 0.3 is 6.03 Å². The SMILES string of the molecule is C=CCc1cc(/C=C2/NC(=O)N(CCC)C2=O)cc(OC)c1OCc1ccc(Cl)cc1. The Balaban J connectivity index is 1.90. The number of rotatable bonds is 9. The number of allylic oxidation sites excluding steroid dienone is 1. The van der Waals surface area contributed by atoms with Crippen molar-refractivity contribution in [3.8, 4) is 11.5 Å². The number of imide groups is 1. The molecule has 1 N–H and O–H groups in total. The first-order valence-electron chi connectivity index (χ1n) is 10.00. The summed E-state index contributed by atoms with van der Waals surface area (Å²) in [5, 5.41) is 3.30. The molecule has 0 aliphatic carbocycles. The predicted molar refractivity (Wildman–Crippen MR) is 121 cm³/mol. The number of carbonyl (C=O) groups excluding carboxylic acids is 2. The zero-order chi connectivity index (χ0) is 22.4. The molecule has 2 aromatic rings. The third-order valence-electron chi connectivity index (χ3n) is 4.76. The molecule has 2 aromatic carbocycles. The van der Waals surface area contributed by atoms with Gasteiger partial charge < -0.3 is 14.8 Å². The highest BCUT2D eigenvalue weighted by molar-refractivity contribution is 6.30.